The molecule has 0 spiro atoms. The van der Waals surface area contributed by atoms with Gasteiger partial charge in [0.1, 0.15) is 5.76 Å². The fourth-order valence-electron chi connectivity index (χ4n) is 5.94. The van der Waals surface area contributed by atoms with Crippen molar-refractivity contribution in [1.82, 2.24) is 0 Å². The number of hydrogen-bond donors (Lipinski definition) is 0. The monoisotopic (exact) mass is 582 g/mol. The lowest BCUT2D eigenvalue weighted by Gasteiger charge is -2.48. The molecule has 2 atom stereocenters. The Morgan fingerprint density at radius 1 is 0.767 bits per heavy atom. The predicted octanol–water partition coefficient (Wildman–Crippen LogP) is 8.62. The number of nitro groups is 1. The molecule has 2 aliphatic rings. The molecule has 0 saturated carbocycles. The molecular weight excluding hydrogens is 556 g/mol. The molecule has 2 aliphatic heterocycles. The van der Waals surface area contributed by atoms with Gasteiger partial charge in [0.2, 0.25) is 5.72 Å². The Balaban J connectivity index is 1.53. The van der Waals surface area contributed by atoms with Crippen molar-refractivity contribution in [3.63, 3.8) is 0 Å². The summed E-state index contributed by atoms with van der Waals surface area (Å²) in [5, 5.41) is 11.5. The summed E-state index contributed by atoms with van der Waals surface area (Å²) in [5.41, 5.74) is 3.15. The standard InChI is InChI=1S/C36H26N2O4S/c39-35-33(25-13-4-1-5-14-25)34(26-15-6-2-7-16-26)42-36(28-18-8-3-9-19-28)24-32(27-17-12-20-29(23-27)38(40)41)43-31-22-11-10-21-30(31)37(35)36/h1-23,32H,24H2/t32-,36-/m1/s1. The number of amides is 1. The lowest BCUT2D eigenvalue weighted by molar-refractivity contribution is -0.384. The van der Waals surface area contributed by atoms with E-state index >= 15 is 4.79 Å². The Bertz CT molecular complexity index is 1860. The van der Waals surface area contributed by atoms with Gasteiger partial charge in [-0.2, -0.15) is 0 Å². The number of anilines is 1. The first kappa shape index (κ1) is 26.7. The lowest BCUT2D eigenvalue weighted by atomic mass is 9.87. The van der Waals surface area contributed by atoms with Crippen molar-refractivity contribution in [2.24, 2.45) is 0 Å². The van der Waals surface area contributed by atoms with Crippen LogP contribution < -0.4 is 4.90 Å². The SMILES string of the molecule is O=C1C(c2ccccc2)=C(c2ccccc2)O[C@@]2(c3ccccc3)C[C@H](c3cccc([N+](=O)[O-])c3)Sc3ccccc3N12. The fourth-order valence-corrected chi connectivity index (χ4v) is 7.28. The molecule has 0 aliphatic carbocycles. The highest BCUT2D eigenvalue weighted by Crippen LogP contribution is 2.58. The molecule has 7 rings (SSSR count). The van der Waals surface area contributed by atoms with Crippen LogP contribution >= 0.6 is 11.8 Å². The number of rotatable bonds is 5. The van der Waals surface area contributed by atoms with Crippen LogP contribution in [-0.4, -0.2) is 10.8 Å². The van der Waals surface area contributed by atoms with Crippen LogP contribution in [0.4, 0.5) is 11.4 Å². The number of fused-ring (bicyclic) bond motifs is 3. The molecule has 0 fully saturated rings. The van der Waals surface area contributed by atoms with Gasteiger partial charge >= 0.3 is 0 Å². The fraction of sp³-hybridized carbons (Fsp3) is 0.0833. The van der Waals surface area contributed by atoms with Crippen molar-refractivity contribution in [2.75, 3.05) is 4.90 Å². The average molecular weight is 583 g/mol. The maximum absolute atomic E-state index is 15.1. The number of ether oxygens (including phenoxy) is 1. The Morgan fingerprint density at radius 2 is 1.40 bits per heavy atom. The molecule has 43 heavy (non-hydrogen) atoms. The van der Waals surface area contributed by atoms with Crippen LogP contribution in [0, 0.1) is 10.1 Å². The maximum atomic E-state index is 15.1. The van der Waals surface area contributed by atoms with Crippen LogP contribution in [0.3, 0.4) is 0 Å². The minimum atomic E-state index is -1.25. The number of para-hydroxylation sites is 1. The molecule has 0 bridgehead atoms. The second kappa shape index (κ2) is 10.9. The smallest absolute Gasteiger partial charge is 0.269 e. The second-order valence-corrected chi connectivity index (χ2v) is 11.7. The number of nitrogens with zero attached hydrogens (tertiary/aromatic N) is 2. The first-order chi connectivity index (χ1) is 21.0. The highest BCUT2D eigenvalue weighted by atomic mass is 32.2. The number of carbonyl (C=O) groups is 1. The van der Waals surface area contributed by atoms with Gasteiger partial charge in [0.05, 0.1) is 16.2 Å². The molecule has 1 amide bonds. The van der Waals surface area contributed by atoms with E-state index in [1.165, 1.54) is 6.07 Å². The number of carbonyl (C=O) groups excluding carboxylic acids is 1. The van der Waals surface area contributed by atoms with Crippen LogP contribution in [0.25, 0.3) is 11.3 Å². The van der Waals surface area contributed by atoms with E-state index in [1.807, 2.05) is 121 Å². The van der Waals surface area contributed by atoms with E-state index in [-0.39, 0.29) is 21.8 Å². The van der Waals surface area contributed by atoms with Gasteiger partial charge in [-0.1, -0.05) is 115 Å². The highest BCUT2D eigenvalue weighted by molar-refractivity contribution is 7.99. The van der Waals surface area contributed by atoms with Crippen molar-refractivity contribution >= 4 is 40.4 Å². The van der Waals surface area contributed by atoms with Crippen molar-refractivity contribution < 1.29 is 14.5 Å². The zero-order valence-electron chi connectivity index (χ0n) is 23.0. The molecular formula is C36H26N2O4S. The first-order valence-corrected chi connectivity index (χ1v) is 14.9. The van der Waals surface area contributed by atoms with Gasteiger partial charge in [-0.3, -0.25) is 19.8 Å². The minimum Gasteiger partial charge on any atom is -0.462 e. The molecule has 0 saturated heterocycles. The molecule has 0 unspecified atom stereocenters. The van der Waals surface area contributed by atoms with E-state index in [0.717, 1.165) is 32.8 Å². The first-order valence-electron chi connectivity index (χ1n) is 14.0. The van der Waals surface area contributed by atoms with Crippen molar-refractivity contribution in [2.45, 2.75) is 22.3 Å². The summed E-state index contributed by atoms with van der Waals surface area (Å²) in [4.78, 5) is 29.2. The van der Waals surface area contributed by atoms with Gasteiger partial charge < -0.3 is 4.74 Å². The number of non-ortho nitro benzene ring substituents is 1. The molecule has 7 heteroatoms. The molecule has 210 valence electrons. The minimum absolute atomic E-state index is 0.0260. The number of benzene rings is 5. The third-order valence-corrected chi connectivity index (χ3v) is 9.21. The van der Waals surface area contributed by atoms with Gasteiger partial charge in [-0.15, -0.1) is 11.8 Å². The van der Waals surface area contributed by atoms with Gasteiger partial charge in [-0.05, 0) is 23.3 Å². The average Bonchev–Trinajstić information content (AvgIpc) is 3.21. The zero-order valence-corrected chi connectivity index (χ0v) is 23.8. The largest absolute Gasteiger partial charge is 0.462 e. The lowest BCUT2D eigenvalue weighted by Crippen LogP contribution is -2.55. The van der Waals surface area contributed by atoms with Crippen molar-refractivity contribution in [1.29, 1.82) is 0 Å². The van der Waals surface area contributed by atoms with Crippen LogP contribution in [0.1, 0.15) is 33.9 Å². The molecule has 5 aromatic carbocycles. The summed E-state index contributed by atoms with van der Waals surface area (Å²) < 4.78 is 7.29. The maximum Gasteiger partial charge on any atom is 0.269 e. The van der Waals surface area contributed by atoms with Crippen molar-refractivity contribution in [3.8, 4) is 0 Å². The van der Waals surface area contributed by atoms with Crippen LogP contribution in [-0.2, 0) is 15.3 Å². The number of thioether (sulfide) groups is 1. The summed E-state index contributed by atoms with van der Waals surface area (Å²) in [5.74, 6) is 0.326. The van der Waals surface area contributed by atoms with Gasteiger partial charge in [-0.25, -0.2) is 0 Å². The van der Waals surface area contributed by atoms with E-state index < -0.39 is 5.72 Å². The molecule has 6 nitrogen and oxygen atoms in total. The van der Waals surface area contributed by atoms with Gasteiger partial charge in [0.25, 0.3) is 11.6 Å². The molecule has 2 heterocycles. The summed E-state index contributed by atoms with van der Waals surface area (Å²) >= 11 is 1.59. The van der Waals surface area contributed by atoms with E-state index in [9.17, 15) is 10.1 Å². The molecule has 0 aromatic heterocycles. The van der Waals surface area contributed by atoms with Crippen LogP contribution in [0.2, 0.25) is 0 Å². The van der Waals surface area contributed by atoms with E-state index in [1.54, 1.807) is 28.8 Å². The molecule has 5 aromatic rings. The normalized spacial score (nSPS) is 19.6. The number of nitro benzene ring substituents is 1. The Morgan fingerprint density at radius 3 is 2.09 bits per heavy atom. The second-order valence-electron chi connectivity index (χ2n) is 10.5. The van der Waals surface area contributed by atoms with Crippen molar-refractivity contribution in [3.05, 3.63) is 172 Å². The number of hydrogen-bond acceptors (Lipinski definition) is 5. The Hall–Kier alpha value is -5.14. The zero-order chi connectivity index (χ0) is 29.4. The van der Waals surface area contributed by atoms with E-state index in [0.29, 0.717) is 17.8 Å². The summed E-state index contributed by atoms with van der Waals surface area (Å²) in [6, 6.07) is 43.7. The Labute approximate surface area is 253 Å². The summed E-state index contributed by atoms with van der Waals surface area (Å²) in [7, 11) is 0. The molecule has 0 N–H and O–H groups in total. The van der Waals surface area contributed by atoms with E-state index in [2.05, 4.69) is 0 Å². The summed E-state index contributed by atoms with van der Waals surface area (Å²) in [6.07, 6.45) is 0.349. The topological polar surface area (TPSA) is 72.7 Å². The summed E-state index contributed by atoms with van der Waals surface area (Å²) in [6.45, 7) is 0. The predicted molar refractivity (Wildman–Crippen MR) is 169 cm³/mol. The van der Waals surface area contributed by atoms with E-state index in [4.69, 9.17) is 4.74 Å². The third-order valence-electron chi connectivity index (χ3n) is 7.89. The third kappa shape index (κ3) is 4.68. The van der Waals surface area contributed by atoms with Gasteiger partial charge in [0, 0.05) is 39.8 Å². The van der Waals surface area contributed by atoms with Crippen LogP contribution in [0.15, 0.2) is 144 Å². The highest BCUT2D eigenvalue weighted by Gasteiger charge is 2.54. The van der Waals surface area contributed by atoms with Crippen LogP contribution in [0.5, 0.6) is 0 Å². The Kier molecular flexibility index (Phi) is 6.80. The molecule has 0 radical (unpaired) electrons. The quantitative estimate of drug-likeness (QED) is 0.153. The van der Waals surface area contributed by atoms with Gasteiger partial charge in [0.15, 0.2) is 0 Å².